The van der Waals surface area contributed by atoms with Crippen LogP contribution >= 0.6 is 15.9 Å². The van der Waals surface area contributed by atoms with Crippen molar-refractivity contribution in [3.8, 4) is 6.07 Å². The van der Waals surface area contributed by atoms with Gasteiger partial charge in [-0.15, -0.1) is 0 Å². The topological polar surface area (TPSA) is 35.8 Å². The summed E-state index contributed by atoms with van der Waals surface area (Å²) in [6.45, 7) is 0. The molecule has 1 aliphatic carbocycles. The van der Waals surface area contributed by atoms with Gasteiger partial charge in [-0.2, -0.15) is 18.4 Å². The van der Waals surface area contributed by atoms with Crippen molar-refractivity contribution in [2.75, 3.05) is 5.32 Å². The van der Waals surface area contributed by atoms with Crippen LogP contribution in [0.15, 0.2) is 22.7 Å². The van der Waals surface area contributed by atoms with Gasteiger partial charge in [0, 0.05) is 16.2 Å². The molecule has 6 heteroatoms. The Morgan fingerprint density at radius 1 is 1.25 bits per heavy atom. The number of nitrogens with zero attached hydrogens (tertiary/aromatic N) is 1. The van der Waals surface area contributed by atoms with E-state index in [1.807, 2.05) is 0 Å². The van der Waals surface area contributed by atoms with E-state index in [0.29, 0.717) is 10.2 Å². The first-order valence-corrected chi connectivity index (χ1v) is 7.24. The minimum atomic E-state index is -4.36. The van der Waals surface area contributed by atoms with E-state index in [-0.39, 0.29) is 12.0 Å². The van der Waals surface area contributed by atoms with E-state index in [9.17, 15) is 13.2 Å². The average Bonchev–Trinajstić information content (AvgIpc) is 2.40. The summed E-state index contributed by atoms with van der Waals surface area (Å²) < 4.78 is 38.8. The lowest BCUT2D eigenvalue weighted by Gasteiger charge is -2.29. The Morgan fingerprint density at radius 2 is 1.95 bits per heavy atom. The minimum absolute atomic E-state index is 0.0893. The molecule has 0 saturated heterocycles. The number of nitriles is 1. The summed E-state index contributed by atoms with van der Waals surface area (Å²) in [5, 5.41) is 12.2. The molecule has 1 aromatic carbocycles. The molecule has 0 aliphatic heterocycles. The Kier molecular flexibility index (Phi) is 4.59. The Balaban J connectivity index is 2.22. The number of alkyl halides is 3. The summed E-state index contributed by atoms with van der Waals surface area (Å²) in [5.41, 5.74) is -0.292. The molecule has 1 saturated carbocycles. The summed E-state index contributed by atoms with van der Waals surface area (Å²) in [6.07, 6.45) is -0.767. The summed E-state index contributed by atoms with van der Waals surface area (Å²) >= 11 is 3.25. The summed E-state index contributed by atoms with van der Waals surface area (Å²) in [7, 11) is 0. The molecular formula is C14H14BrF3N2. The van der Waals surface area contributed by atoms with E-state index in [1.54, 1.807) is 0 Å². The van der Waals surface area contributed by atoms with Crippen molar-refractivity contribution >= 4 is 21.6 Å². The Bertz CT molecular complexity index is 522. The van der Waals surface area contributed by atoms with Gasteiger partial charge in [0.2, 0.25) is 0 Å². The van der Waals surface area contributed by atoms with Crippen molar-refractivity contribution in [2.24, 2.45) is 5.92 Å². The number of benzene rings is 1. The van der Waals surface area contributed by atoms with Crippen LogP contribution < -0.4 is 5.32 Å². The molecule has 0 aromatic heterocycles. The van der Waals surface area contributed by atoms with Gasteiger partial charge in [0.05, 0.1) is 17.6 Å². The van der Waals surface area contributed by atoms with E-state index >= 15 is 0 Å². The van der Waals surface area contributed by atoms with Crippen molar-refractivity contribution in [1.82, 2.24) is 0 Å². The van der Waals surface area contributed by atoms with Crippen LogP contribution in [0.25, 0.3) is 0 Å². The van der Waals surface area contributed by atoms with Crippen LogP contribution in [0.2, 0.25) is 0 Å². The van der Waals surface area contributed by atoms with E-state index in [0.717, 1.165) is 37.8 Å². The lowest BCUT2D eigenvalue weighted by atomic mass is 9.85. The molecular weight excluding hydrogens is 333 g/mol. The highest BCUT2D eigenvalue weighted by Crippen LogP contribution is 2.35. The number of hydrogen-bond donors (Lipinski definition) is 1. The third kappa shape index (κ3) is 3.45. The van der Waals surface area contributed by atoms with Gasteiger partial charge < -0.3 is 5.32 Å². The van der Waals surface area contributed by atoms with Gasteiger partial charge in [-0.25, -0.2) is 0 Å². The van der Waals surface area contributed by atoms with Crippen molar-refractivity contribution in [3.05, 3.63) is 28.2 Å². The van der Waals surface area contributed by atoms with Crippen LogP contribution in [0.5, 0.6) is 0 Å². The number of anilines is 1. The molecule has 0 spiro atoms. The van der Waals surface area contributed by atoms with Crippen molar-refractivity contribution in [1.29, 1.82) is 5.26 Å². The van der Waals surface area contributed by atoms with Crippen LogP contribution in [0.3, 0.4) is 0 Å². The number of halogens is 4. The van der Waals surface area contributed by atoms with Gasteiger partial charge in [0.25, 0.3) is 0 Å². The fourth-order valence-corrected chi connectivity index (χ4v) is 2.83. The van der Waals surface area contributed by atoms with Crippen LogP contribution in [0, 0.1) is 17.2 Å². The molecule has 1 aromatic rings. The van der Waals surface area contributed by atoms with Gasteiger partial charge in [-0.3, -0.25) is 0 Å². The predicted molar refractivity (Wildman–Crippen MR) is 74.1 cm³/mol. The highest BCUT2D eigenvalue weighted by molar-refractivity contribution is 9.10. The highest BCUT2D eigenvalue weighted by Gasteiger charge is 2.31. The van der Waals surface area contributed by atoms with E-state index in [4.69, 9.17) is 5.26 Å². The zero-order valence-corrected chi connectivity index (χ0v) is 12.3. The molecule has 20 heavy (non-hydrogen) atoms. The third-order valence-corrected chi connectivity index (χ3v) is 4.26. The first-order valence-electron chi connectivity index (χ1n) is 6.44. The fourth-order valence-electron chi connectivity index (χ4n) is 2.47. The second-order valence-corrected chi connectivity index (χ2v) is 5.82. The molecule has 1 fully saturated rings. The second kappa shape index (κ2) is 6.04. The van der Waals surface area contributed by atoms with Gasteiger partial charge in [0.15, 0.2) is 0 Å². The molecule has 2 nitrogen and oxygen atoms in total. The molecule has 2 atom stereocenters. The second-order valence-electron chi connectivity index (χ2n) is 4.96. The van der Waals surface area contributed by atoms with Gasteiger partial charge in [-0.05, 0) is 47.0 Å². The lowest BCUT2D eigenvalue weighted by molar-refractivity contribution is -0.137. The Hall–Kier alpha value is -1.22. The van der Waals surface area contributed by atoms with Crippen LogP contribution in [0.1, 0.15) is 31.2 Å². The van der Waals surface area contributed by atoms with E-state index in [1.165, 1.54) is 6.07 Å². The quantitative estimate of drug-likeness (QED) is 0.821. The molecule has 0 bridgehead atoms. The molecule has 1 N–H and O–H groups in total. The van der Waals surface area contributed by atoms with Crippen molar-refractivity contribution in [2.45, 2.75) is 37.9 Å². The summed E-state index contributed by atoms with van der Waals surface area (Å²) in [6, 6.07) is 5.66. The number of rotatable bonds is 2. The Morgan fingerprint density at radius 3 is 2.60 bits per heavy atom. The predicted octanol–water partition coefficient (Wildman–Crippen LogP) is 4.96. The smallest absolute Gasteiger partial charge is 0.380 e. The molecule has 108 valence electrons. The van der Waals surface area contributed by atoms with Crippen molar-refractivity contribution in [3.63, 3.8) is 0 Å². The van der Waals surface area contributed by atoms with Crippen LogP contribution in [-0.2, 0) is 6.18 Å². The van der Waals surface area contributed by atoms with E-state index in [2.05, 4.69) is 27.3 Å². The molecule has 0 radical (unpaired) electrons. The zero-order valence-electron chi connectivity index (χ0n) is 10.7. The third-order valence-electron chi connectivity index (χ3n) is 3.57. The summed E-state index contributed by atoms with van der Waals surface area (Å²) in [5.74, 6) is -0.148. The first kappa shape index (κ1) is 15.2. The zero-order chi connectivity index (χ0) is 14.8. The maximum atomic E-state index is 12.7. The highest BCUT2D eigenvalue weighted by atomic mass is 79.9. The SMILES string of the molecule is N#CC1CCCCC1Nc1cc(C(F)(F)F)ccc1Br. The van der Waals surface area contributed by atoms with Crippen LogP contribution in [0.4, 0.5) is 18.9 Å². The van der Waals surface area contributed by atoms with Gasteiger partial charge in [-0.1, -0.05) is 12.8 Å². The number of nitrogens with one attached hydrogen (secondary N) is 1. The molecule has 0 heterocycles. The monoisotopic (exact) mass is 346 g/mol. The summed E-state index contributed by atoms with van der Waals surface area (Å²) in [4.78, 5) is 0. The molecule has 1 aliphatic rings. The van der Waals surface area contributed by atoms with E-state index < -0.39 is 11.7 Å². The first-order chi connectivity index (χ1) is 9.41. The number of hydrogen-bond acceptors (Lipinski definition) is 2. The average molecular weight is 347 g/mol. The largest absolute Gasteiger partial charge is 0.416 e. The maximum absolute atomic E-state index is 12.7. The van der Waals surface area contributed by atoms with Crippen molar-refractivity contribution < 1.29 is 13.2 Å². The van der Waals surface area contributed by atoms with Gasteiger partial charge in [0.1, 0.15) is 0 Å². The van der Waals surface area contributed by atoms with Gasteiger partial charge >= 0.3 is 6.18 Å². The Labute approximate surface area is 124 Å². The molecule has 0 amide bonds. The normalized spacial score (nSPS) is 23.1. The van der Waals surface area contributed by atoms with Crippen LogP contribution in [-0.4, -0.2) is 6.04 Å². The molecule has 2 rings (SSSR count). The fraction of sp³-hybridized carbons (Fsp3) is 0.500. The standard InChI is InChI=1S/C14H14BrF3N2/c15-11-6-5-10(14(16,17)18)7-13(11)20-12-4-2-1-3-9(12)8-19/h5-7,9,12,20H,1-4H2. The maximum Gasteiger partial charge on any atom is 0.416 e. The minimum Gasteiger partial charge on any atom is -0.380 e. The molecule has 2 unspecified atom stereocenters. The lowest BCUT2D eigenvalue weighted by Crippen LogP contribution is -2.31.